The molecule has 5 nitrogen and oxygen atoms in total. The minimum atomic E-state index is -0.408. The number of benzene rings is 2. The topological polar surface area (TPSA) is 55.5 Å². The van der Waals surface area contributed by atoms with Crippen LogP contribution in [0.4, 0.5) is 4.39 Å². The summed E-state index contributed by atoms with van der Waals surface area (Å²) >= 11 is 6.80. The first-order valence-corrected chi connectivity index (χ1v) is 10.4. The molecule has 0 radical (unpaired) electrons. The number of hydrogen-bond acceptors (Lipinski definition) is 4. The number of aromatic nitrogens is 2. The SMILES string of the molecule is CCCNC(=O)Cn1c(=O)c2ccccc2n2c(=S)sc(-c3ccccc3F)c12. The van der Waals surface area contributed by atoms with Crippen molar-refractivity contribution in [1.29, 1.82) is 0 Å². The Labute approximate surface area is 175 Å². The van der Waals surface area contributed by atoms with E-state index >= 15 is 0 Å². The minimum Gasteiger partial charge on any atom is -0.355 e. The Hall–Kier alpha value is -2.84. The molecule has 0 bridgehead atoms. The van der Waals surface area contributed by atoms with E-state index in [0.29, 0.717) is 37.5 Å². The number of para-hydroxylation sites is 1. The second-order valence-electron chi connectivity index (χ2n) is 6.59. The van der Waals surface area contributed by atoms with Crippen molar-refractivity contribution < 1.29 is 9.18 Å². The molecule has 0 fully saturated rings. The lowest BCUT2D eigenvalue weighted by Crippen LogP contribution is -2.33. The van der Waals surface area contributed by atoms with Crippen LogP contribution >= 0.6 is 23.6 Å². The zero-order valence-corrected chi connectivity index (χ0v) is 17.3. The predicted octanol–water partition coefficient (Wildman–Crippen LogP) is 4.38. The Kier molecular flexibility index (Phi) is 5.29. The number of amides is 1. The average Bonchev–Trinajstić information content (AvgIpc) is 3.07. The Morgan fingerprint density at radius 1 is 1.17 bits per heavy atom. The standard InChI is InChI=1S/C21H18FN3O2S2/c1-2-11-23-17(26)12-24-19-18(13-7-3-5-9-15(13)22)29-21(28)25(19)16-10-6-4-8-14(16)20(24)27/h3-10H,2,11-12H2,1H3,(H,23,26). The van der Waals surface area contributed by atoms with Gasteiger partial charge < -0.3 is 5.32 Å². The fourth-order valence-corrected chi connectivity index (χ4v) is 4.80. The van der Waals surface area contributed by atoms with Crippen LogP contribution in [0, 0.1) is 9.77 Å². The van der Waals surface area contributed by atoms with E-state index < -0.39 is 5.82 Å². The summed E-state index contributed by atoms with van der Waals surface area (Å²) in [6, 6.07) is 13.5. The molecular weight excluding hydrogens is 409 g/mol. The second-order valence-corrected chi connectivity index (χ2v) is 8.24. The molecule has 0 unspecified atom stereocenters. The summed E-state index contributed by atoms with van der Waals surface area (Å²) in [6.07, 6.45) is 0.789. The van der Waals surface area contributed by atoms with Gasteiger partial charge in [0.1, 0.15) is 18.0 Å². The van der Waals surface area contributed by atoms with Crippen molar-refractivity contribution in [3.05, 3.63) is 68.7 Å². The molecule has 1 N–H and O–H groups in total. The van der Waals surface area contributed by atoms with Crippen molar-refractivity contribution in [2.24, 2.45) is 0 Å². The molecule has 0 spiro atoms. The minimum absolute atomic E-state index is 0.167. The molecule has 0 saturated carbocycles. The fraction of sp³-hybridized carbons (Fsp3) is 0.190. The Balaban J connectivity index is 2.09. The highest BCUT2D eigenvalue weighted by molar-refractivity contribution is 7.73. The summed E-state index contributed by atoms with van der Waals surface area (Å²) in [5, 5.41) is 3.25. The Morgan fingerprint density at radius 2 is 1.90 bits per heavy atom. The Morgan fingerprint density at radius 3 is 2.66 bits per heavy atom. The van der Waals surface area contributed by atoms with Gasteiger partial charge in [-0.1, -0.05) is 37.3 Å². The highest BCUT2D eigenvalue weighted by atomic mass is 32.1. The van der Waals surface area contributed by atoms with Crippen LogP contribution in [0.15, 0.2) is 53.3 Å². The van der Waals surface area contributed by atoms with Crippen LogP contribution in [0.1, 0.15) is 13.3 Å². The molecule has 2 heterocycles. The van der Waals surface area contributed by atoms with Crippen LogP contribution in [0.25, 0.3) is 27.0 Å². The summed E-state index contributed by atoms with van der Waals surface area (Å²) in [5.41, 5.74) is 1.11. The number of hydrogen-bond donors (Lipinski definition) is 1. The molecule has 0 aliphatic heterocycles. The number of halogens is 1. The van der Waals surface area contributed by atoms with Crippen molar-refractivity contribution in [2.75, 3.05) is 6.54 Å². The van der Waals surface area contributed by atoms with Gasteiger partial charge in [0.15, 0.2) is 3.95 Å². The van der Waals surface area contributed by atoms with Gasteiger partial charge in [0.2, 0.25) is 5.91 Å². The number of thiazole rings is 1. The van der Waals surface area contributed by atoms with E-state index in [9.17, 15) is 14.0 Å². The van der Waals surface area contributed by atoms with Gasteiger partial charge in [0.05, 0.1) is 15.8 Å². The van der Waals surface area contributed by atoms with Gasteiger partial charge in [0.25, 0.3) is 5.56 Å². The van der Waals surface area contributed by atoms with Crippen molar-refractivity contribution >= 4 is 46.0 Å². The first-order valence-electron chi connectivity index (χ1n) is 9.21. The van der Waals surface area contributed by atoms with Crippen LogP contribution in [-0.2, 0) is 11.3 Å². The molecule has 2 aromatic carbocycles. The van der Waals surface area contributed by atoms with Crippen molar-refractivity contribution in [3.63, 3.8) is 0 Å². The maximum atomic E-state index is 14.6. The van der Waals surface area contributed by atoms with Crippen LogP contribution in [-0.4, -0.2) is 21.4 Å². The molecule has 2 aromatic heterocycles. The smallest absolute Gasteiger partial charge is 0.262 e. The number of fused-ring (bicyclic) bond motifs is 3. The summed E-state index contributed by atoms with van der Waals surface area (Å²) in [7, 11) is 0. The van der Waals surface area contributed by atoms with Gasteiger partial charge in [-0.2, -0.15) is 0 Å². The number of rotatable bonds is 5. The number of nitrogens with one attached hydrogen (secondary N) is 1. The lowest BCUT2D eigenvalue weighted by atomic mass is 10.1. The zero-order chi connectivity index (χ0) is 20.5. The molecule has 4 rings (SSSR count). The van der Waals surface area contributed by atoms with E-state index in [-0.39, 0.29) is 18.0 Å². The van der Waals surface area contributed by atoms with Crippen molar-refractivity contribution in [1.82, 2.24) is 14.3 Å². The first kappa shape index (κ1) is 19.5. The van der Waals surface area contributed by atoms with Gasteiger partial charge >= 0.3 is 0 Å². The van der Waals surface area contributed by atoms with Gasteiger partial charge in [-0.05, 0) is 36.8 Å². The molecule has 29 heavy (non-hydrogen) atoms. The quantitative estimate of drug-likeness (QED) is 0.481. The molecule has 1 amide bonds. The van der Waals surface area contributed by atoms with E-state index in [1.165, 1.54) is 22.0 Å². The van der Waals surface area contributed by atoms with Gasteiger partial charge in [-0.3, -0.25) is 18.6 Å². The van der Waals surface area contributed by atoms with E-state index in [4.69, 9.17) is 12.2 Å². The predicted molar refractivity (Wildman–Crippen MR) is 117 cm³/mol. The molecule has 0 atom stereocenters. The van der Waals surface area contributed by atoms with Crippen molar-refractivity contribution in [3.8, 4) is 10.4 Å². The normalized spacial score (nSPS) is 11.2. The van der Waals surface area contributed by atoms with E-state index in [2.05, 4.69) is 5.32 Å². The molecule has 0 aliphatic carbocycles. The molecular formula is C21H18FN3O2S2. The van der Waals surface area contributed by atoms with Crippen LogP contribution in [0.5, 0.6) is 0 Å². The molecule has 4 aromatic rings. The number of carbonyl (C=O) groups excluding carboxylic acids is 1. The van der Waals surface area contributed by atoms with Crippen LogP contribution in [0.3, 0.4) is 0 Å². The second kappa shape index (κ2) is 7.88. The zero-order valence-electron chi connectivity index (χ0n) is 15.6. The van der Waals surface area contributed by atoms with Crippen LogP contribution < -0.4 is 10.9 Å². The summed E-state index contributed by atoms with van der Waals surface area (Å²) < 4.78 is 18.2. The third kappa shape index (κ3) is 3.38. The maximum absolute atomic E-state index is 14.6. The van der Waals surface area contributed by atoms with Crippen LogP contribution in [0.2, 0.25) is 0 Å². The van der Waals surface area contributed by atoms with E-state index in [0.717, 1.165) is 6.42 Å². The number of nitrogens with zero attached hydrogens (tertiary/aromatic N) is 2. The third-order valence-electron chi connectivity index (χ3n) is 4.66. The summed E-state index contributed by atoms with van der Waals surface area (Å²) in [6.45, 7) is 2.31. The molecule has 8 heteroatoms. The monoisotopic (exact) mass is 427 g/mol. The lowest BCUT2D eigenvalue weighted by molar-refractivity contribution is -0.121. The third-order valence-corrected chi connectivity index (χ3v) is 6.05. The average molecular weight is 428 g/mol. The van der Waals surface area contributed by atoms with Crippen molar-refractivity contribution in [2.45, 2.75) is 19.9 Å². The largest absolute Gasteiger partial charge is 0.355 e. The first-order chi connectivity index (χ1) is 14.0. The molecule has 0 aliphatic rings. The Bertz CT molecular complexity index is 1350. The van der Waals surface area contributed by atoms with Gasteiger partial charge in [-0.25, -0.2) is 4.39 Å². The summed E-state index contributed by atoms with van der Waals surface area (Å²) in [5.74, 6) is -0.684. The maximum Gasteiger partial charge on any atom is 0.262 e. The molecule has 0 saturated heterocycles. The molecule has 148 valence electrons. The van der Waals surface area contributed by atoms with Gasteiger partial charge in [0, 0.05) is 12.1 Å². The number of carbonyl (C=O) groups is 1. The fourth-order valence-electron chi connectivity index (χ4n) is 3.34. The highest BCUT2D eigenvalue weighted by Gasteiger charge is 2.21. The lowest BCUT2D eigenvalue weighted by Gasteiger charge is -2.13. The summed E-state index contributed by atoms with van der Waals surface area (Å²) in [4.78, 5) is 26.3. The van der Waals surface area contributed by atoms with E-state index in [1.807, 2.05) is 13.0 Å². The van der Waals surface area contributed by atoms with Gasteiger partial charge in [-0.15, -0.1) is 11.3 Å². The van der Waals surface area contributed by atoms with E-state index in [1.54, 1.807) is 40.8 Å². The highest BCUT2D eigenvalue weighted by Crippen LogP contribution is 2.34.